The lowest BCUT2D eigenvalue weighted by Gasteiger charge is -2.17. The molecule has 0 spiro atoms. The lowest BCUT2D eigenvalue weighted by atomic mass is 10.3. The monoisotopic (exact) mass is 203 g/mol. The second-order valence-electron chi connectivity index (χ2n) is 2.74. The third kappa shape index (κ3) is 2.57. The maximum Gasteiger partial charge on any atom is 0.141 e. The van der Waals surface area contributed by atoms with Gasteiger partial charge in [-0.25, -0.2) is 4.39 Å². The highest BCUT2D eigenvalue weighted by Gasteiger charge is 2.03. The van der Waals surface area contributed by atoms with Crippen LogP contribution < -0.4 is 4.90 Å². The normalized spacial score (nSPS) is 10.2. The molecule has 0 unspecified atom stereocenters. The van der Waals surface area contributed by atoms with Crippen LogP contribution in [0.15, 0.2) is 18.2 Å². The summed E-state index contributed by atoms with van der Waals surface area (Å²) in [7, 11) is 1.81. The Kier molecular flexibility index (Phi) is 3.51. The van der Waals surface area contributed by atoms with Gasteiger partial charge in [0.1, 0.15) is 5.82 Å². The third-order valence-corrected chi connectivity index (χ3v) is 2.07. The van der Waals surface area contributed by atoms with Crippen molar-refractivity contribution < 1.29 is 9.50 Å². The Hall–Kier alpha value is -0.800. The highest BCUT2D eigenvalue weighted by molar-refractivity contribution is 6.31. The molecule has 0 aliphatic carbocycles. The number of aliphatic hydroxyl groups is 1. The molecular formula is C9H11ClFNO. The van der Waals surface area contributed by atoms with Gasteiger partial charge in [0, 0.05) is 19.3 Å². The van der Waals surface area contributed by atoms with Crippen LogP contribution in [0.3, 0.4) is 0 Å². The number of rotatable bonds is 3. The van der Waals surface area contributed by atoms with Crippen LogP contribution in [-0.4, -0.2) is 25.3 Å². The van der Waals surface area contributed by atoms with Crippen molar-refractivity contribution in [1.82, 2.24) is 0 Å². The Labute approximate surface area is 81.5 Å². The van der Waals surface area contributed by atoms with Crippen LogP contribution in [-0.2, 0) is 0 Å². The van der Waals surface area contributed by atoms with Crippen LogP contribution in [0.1, 0.15) is 0 Å². The number of hydrogen-bond acceptors (Lipinski definition) is 2. The predicted molar refractivity (Wildman–Crippen MR) is 51.8 cm³/mol. The fourth-order valence-electron chi connectivity index (χ4n) is 1.00. The number of aliphatic hydroxyl groups excluding tert-OH is 1. The van der Waals surface area contributed by atoms with Crippen molar-refractivity contribution in [2.24, 2.45) is 0 Å². The minimum Gasteiger partial charge on any atom is -0.395 e. The number of anilines is 1. The molecule has 0 atom stereocenters. The van der Waals surface area contributed by atoms with E-state index in [1.165, 1.54) is 12.1 Å². The van der Waals surface area contributed by atoms with E-state index >= 15 is 0 Å². The van der Waals surface area contributed by atoms with E-state index in [0.717, 1.165) is 5.69 Å². The Morgan fingerprint density at radius 1 is 1.54 bits per heavy atom. The molecule has 0 saturated carbocycles. The molecule has 0 fully saturated rings. The summed E-state index contributed by atoms with van der Waals surface area (Å²) in [4.78, 5) is 1.80. The SMILES string of the molecule is CN(CCO)c1ccc(F)c(Cl)c1. The quantitative estimate of drug-likeness (QED) is 0.811. The second kappa shape index (κ2) is 4.44. The van der Waals surface area contributed by atoms with Gasteiger partial charge in [0.05, 0.1) is 11.6 Å². The fraction of sp³-hybridized carbons (Fsp3) is 0.333. The van der Waals surface area contributed by atoms with Crippen LogP contribution in [0.2, 0.25) is 5.02 Å². The summed E-state index contributed by atoms with van der Waals surface area (Å²) in [6.45, 7) is 0.563. The molecule has 13 heavy (non-hydrogen) atoms. The van der Waals surface area contributed by atoms with Crippen molar-refractivity contribution >= 4 is 17.3 Å². The summed E-state index contributed by atoms with van der Waals surface area (Å²) in [6, 6.07) is 4.47. The highest BCUT2D eigenvalue weighted by Crippen LogP contribution is 2.21. The molecule has 2 nitrogen and oxygen atoms in total. The first kappa shape index (κ1) is 10.3. The summed E-state index contributed by atoms with van der Waals surface area (Å²) in [5, 5.41) is 8.77. The molecule has 0 aromatic heterocycles. The van der Waals surface area contributed by atoms with Gasteiger partial charge in [-0.2, -0.15) is 0 Å². The maximum absolute atomic E-state index is 12.7. The summed E-state index contributed by atoms with van der Waals surface area (Å²) in [5.74, 6) is -0.428. The summed E-state index contributed by atoms with van der Waals surface area (Å²) in [5.41, 5.74) is 0.792. The Morgan fingerprint density at radius 2 is 2.23 bits per heavy atom. The molecule has 1 aromatic rings. The molecule has 0 amide bonds. The molecule has 0 radical (unpaired) electrons. The van der Waals surface area contributed by atoms with E-state index in [1.807, 2.05) is 0 Å². The average molecular weight is 204 g/mol. The Bertz CT molecular complexity index is 293. The molecule has 1 N–H and O–H groups in total. The van der Waals surface area contributed by atoms with Crippen LogP contribution in [0.5, 0.6) is 0 Å². The van der Waals surface area contributed by atoms with Gasteiger partial charge in [0.15, 0.2) is 0 Å². The first-order chi connectivity index (χ1) is 6.15. The molecule has 0 aliphatic rings. The van der Waals surface area contributed by atoms with Gasteiger partial charge in [-0.1, -0.05) is 11.6 Å². The van der Waals surface area contributed by atoms with Crippen molar-refractivity contribution in [3.63, 3.8) is 0 Å². The zero-order valence-electron chi connectivity index (χ0n) is 7.30. The standard InChI is InChI=1S/C9H11ClFNO/c1-12(4-5-13)7-2-3-9(11)8(10)6-7/h2-3,6,13H,4-5H2,1H3. The topological polar surface area (TPSA) is 23.5 Å². The molecule has 0 bridgehead atoms. The van der Waals surface area contributed by atoms with E-state index in [-0.39, 0.29) is 11.6 Å². The van der Waals surface area contributed by atoms with Crippen LogP contribution in [0.4, 0.5) is 10.1 Å². The molecule has 0 heterocycles. The second-order valence-corrected chi connectivity index (χ2v) is 3.15. The molecule has 0 saturated heterocycles. The third-order valence-electron chi connectivity index (χ3n) is 1.78. The number of hydrogen-bond donors (Lipinski definition) is 1. The van der Waals surface area contributed by atoms with Gasteiger partial charge in [-0.05, 0) is 18.2 Å². The summed E-state index contributed by atoms with van der Waals surface area (Å²) < 4.78 is 12.7. The van der Waals surface area contributed by atoms with Crippen molar-refractivity contribution in [2.45, 2.75) is 0 Å². The predicted octanol–water partition coefficient (Wildman–Crippen LogP) is 1.91. The van der Waals surface area contributed by atoms with Crippen LogP contribution in [0, 0.1) is 5.82 Å². The molecule has 1 rings (SSSR count). The molecular weight excluding hydrogens is 193 g/mol. The number of likely N-dealkylation sites (N-methyl/N-ethyl adjacent to an activating group) is 1. The van der Waals surface area contributed by atoms with Crippen molar-refractivity contribution in [3.8, 4) is 0 Å². The van der Waals surface area contributed by atoms with E-state index in [9.17, 15) is 4.39 Å². The van der Waals surface area contributed by atoms with Gasteiger partial charge >= 0.3 is 0 Å². The number of nitrogens with zero attached hydrogens (tertiary/aromatic N) is 1. The van der Waals surface area contributed by atoms with Gasteiger partial charge in [-0.3, -0.25) is 0 Å². The minimum absolute atomic E-state index is 0.0610. The highest BCUT2D eigenvalue weighted by atomic mass is 35.5. The van der Waals surface area contributed by atoms with Gasteiger partial charge in [0.2, 0.25) is 0 Å². The van der Waals surface area contributed by atoms with E-state index in [4.69, 9.17) is 16.7 Å². The Morgan fingerprint density at radius 3 is 2.77 bits per heavy atom. The lowest BCUT2D eigenvalue weighted by Crippen LogP contribution is -2.20. The number of benzene rings is 1. The zero-order valence-corrected chi connectivity index (χ0v) is 8.05. The van der Waals surface area contributed by atoms with E-state index < -0.39 is 5.82 Å². The zero-order chi connectivity index (χ0) is 9.84. The average Bonchev–Trinajstić information content (AvgIpc) is 2.10. The van der Waals surface area contributed by atoms with Crippen molar-refractivity contribution in [3.05, 3.63) is 29.0 Å². The van der Waals surface area contributed by atoms with Crippen LogP contribution in [0.25, 0.3) is 0 Å². The van der Waals surface area contributed by atoms with Crippen LogP contribution >= 0.6 is 11.6 Å². The number of halogens is 2. The van der Waals surface area contributed by atoms with Gasteiger partial charge in [-0.15, -0.1) is 0 Å². The Balaban J connectivity index is 2.84. The van der Waals surface area contributed by atoms with Crippen molar-refractivity contribution in [1.29, 1.82) is 0 Å². The molecule has 0 aliphatic heterocycles. The van der Waals surface area contributed by atoms with Gasteiger partial charge in [0.25, 0.3) is 0 Å². The maximum atomic E-state index is 12.7. The molecule has 72 valence electrons. The first-order valence-corrected chi connectivity index (χ1v) is 4.30. The largest absolute Gasteiger partial charge is 0.395 e. The molecule has 4 heteroatoms. The summed E-state index contributed by atoms with van der Waals surface area (Å²) >= 11 is 5.59. The lowest BCUT2D eigenvalue weighted by molar-refractivity contribution is 0.304. The van der Waals surface area contributed by atoms with E-state index in [2.05, 4.69) is 0 Å². The smallest absolute Gasteiger partial charge is 0.141 e. The van der Waals surface area contributed by atoms with E-state index in [0.29, 0.717) is 6.54 Å². The molecule has 1 aromatic carbocycles. The summed E-state index contributed by atoms with van der Waals surface area (Å²) in [6.07, 6.45) is 0. The first-order valence-electron chi connectivity index (χ1n) is 3.92. The van der Waals surface area contributed by atoms with E-state index in [1.54, 1.807) is 18.0 Å². The van der Waals surface area contributed by atoms with Gasteiger partial charge < -0.3 is 10.0 Å². The fourth-order valence-corrected chi connectivity index (χ4v) is 1.18. The van der Waals surface area contributed by atoms with Crippen molar-refractivity contribution in [2.75, 3.05) is 25.1 Å². The minimum atomic E-state index is -0.428.